The van der Waals surface area contributed by atoms with Gasteiger partial charge in [-0.3, -0.25) is 14.5 Å². The molecular formula is C16H19NO2S. The van der Waals surface area contributed by atoms with Gasteiger partial charge in [-0.25, -0.2) is 0 Å². The second-order valence-electron chi connectivity index (χ2n) is 4.81. The third-order valence-electron chi connectivity index (χ3n) is 3.38. The summed E-state index contributed by atoms with van der Waals surface area (Å²) in [5, 5.41) is 0. The van der Waals surface area contributed by atoms with E-state index in [0.29, 0.717) is 17.0 Å². The largest absolute Gasteiger partial charge is 0.274 e. The van der Waals surface area contributed by atoms with Gasteiger partial charge in [0.05, 0.1) is 10.5 Å². The summed E-state index contributed by atoms with van der Waals surface area (Å²) >= 11 is 1.45. The van der Waals surface area contributed by atoms with Crippen molar-refractivity contribution < 1.29 is 9.59 Å². The Kier molecular flexibility index (Phi) is 4.33. The summed E-state index contributed by atoms with van der Waals surface area (Å²) in [5.74, 6) is 0.458. The molecule has 2 amide bonds. The number of thioether (sulfide) groups is 1. The molecule has 0 aromatic heterocycles. The average molecular weight is 289 g/mol. The fraction of sp³-hybridized carbons (Fsp3) is 0.375. The number of nitrogens with zero attached hydrogens (tertiary/aromatic N) is 1. The second-order valence-corrected chi connectivity index (χ2v) is 6.08. The number of carbonyl (C=O) groups excluding carboxylic acids is 2. The number of amides is 2. The number of hydrogen-bond donors (Lipinski definition) is 0. The van der Waals surface area contributed by atoms with E-state index in [1.54, 1.807) is 0 Å². The SMILES string of the molecule is CCSC1=C(c2ccc(C)cc2C)C(=O)N(CC)C1=O. The summed E-state index contributed by atoms with van der Waals surface area (Å²) in [6.07, 6.45) is 0. The van der Waals surface area contributed by atoms with Crippen molar-refractivity contribution in [2.24, 2.45) is 0 Å². The maximum atomic E-state index is 12.5. The summed E-state index contributed by atoms with van der Waals surface area (Å²) in [4.78, 5) is 26.7. The molecule has 1 aromatic carbocycles. The van der Waals surface area contributed by atoms with Crippen LogP contribution in [0.4, 0.5) is 0 Å². The molecule has 106 valence electrons. The summed E-state index contributed by atoms with van der Waals surface area (Å²) in [7, 11) is 0. The lowest BCUT2D eigenvalue weighted by molar-refractivity contribution is -0.136. The number of hydrogen-bond acceptors (Lipinski definition) is 3. The molecule has 2 rings (SSSR count). The topological polar surface area (TPSA) is 37.4 Å². The summed E-state index contributed by atoms with van der Waals surface area (Å²) < 4.78 is 0. The van der Waals surface area contributed by atoms with E-state index in [1.807, 2.05) is 45.9 Å². The van der Waals surface area contributed by atoms with E-state index in [1.165, 1.54) is 16.7 Å². The zero-order valence-electron chi connectivity index (χ0n) is 12.3. The van der Waals surface area contributed by atoms with Crippen molar-refractivity contribution in [1.29, 1.82) is 0 Å². The number of rotatable bonds is 4. The van der Waals surface area contributed by atoms with Gasteiger partial charge in [-0.1, -0.05) is 30.7 Å². The molecule has 4 heteroatoms. The molecule has 0 N–H and O–H groups in total. The van der Waals surface area contributed by atoms with Crippen molar-refractivity contribution in [3.8, 4) is 0 Å². The third-order valence-corrected chi connectivity index (χ3v) is 4.34. The van der Waals surface area contributed by atoms with Crippen molar-refractivity contribution >= 4 is 29.1 Å². The minimum absolute atomic E-state index is 0.153. The van der Waals surface area contributed by atoms with Gasteiger partial charge >= 0.3 is 0 Å². The zero-order valence-corrected chi connectivity index (χ0v) is 13.1. The first-order valence-electron chi connectivity index (χ1n) is 6.82. The molecule has 0 saturated heterocycles. The molecule has 1 aromatic rings. The minimum atomic E-state index is -0.166. The lowest BCUT2D eigenvalue weighted by Gasteiger charge is -2.12. The molecule has 0 saturated carbocycles. The zero-order chi connectivity index (χ0) is 14.9. The Labute approximate surface area is 124 Å². The van der Waals surface area contributed by atoms with Gasteiger partial charge in [0.1, 0.15) is 0 Å². The van der Waals surface area contributed by atoms with Crippen LogP contribution in [0.3, 0.4) is 0 Å². The van der Waals surface area contributed by atoms with Crippen molar-refractivity contribution in [2.45, 2.75) is 27.7 Å². The Morgan fingerprint density at radius 1 is 1.10 bits per heavy atom. The molecule has 1 heterocycles. The van der Waals surface area contributed by atoms with Gasteiger partial charge in [-0.2, -0.15) is 0 Å². The van der Waals surface area contributed by atoms with Crippen LogP contribution in [0.5, 0.6) is 0 Å². The highest BCUT2D eigenvalue weighted by Gasteiger charge is 2.38. The van der Waals surface area contributed by atoms with Crippen LogP contribution < -0.4 is 0 Å². The maximum absolute atomic E-state index is 12.5. The van der Waals surface area contributed by atoms with E-state index in [0.717, 1.165) is 22.4 Å². The van der Waals surface area contributed by atoms with Crippen LogP contribution in [0, 0.1) is 13.8 Å². The Morgan fingerprint density at radius 3 is 2.35 bits per heavy atom. The fourth-order valence-corrected chi connectivity index (χ4v) is 3.31. The predicted molar refractivity (Wildman–Crippen MR) is 83.4 cm³/mol. The molecule has 0 fully saturated rings. The van der Waals surface area contributed by atoms with Crippen molar-refractivity contribution in [3.63, 3.8) is 0 Å². The highest BCUT2D eigenvalue weighted by Crippen LogP contribution is 2.37. The molecule has 0 spiro atoms. The van der Waals surface area contributed by atoms with E-state index in [4.69, 9.17) is 0 Å². The van der Waals surface area contributed by atoms with Crippen LogP contribution in [0.25, 0.3) is 5.57 Å². The Morgan fingerprint density at radius 2 is 1.80 bits per heavy atom. The number of likely N-dealkylation sites (N-methyl/N-ethyl adjacent to an activating group) is 1. The predicted octanol–water partition coefficient (Wildman–Crippen LogP) is 3.16. The second kappa shape index (κ2) is 5.83. The first kappa shape index (κ1) is 14.9. The standard InChI is InChI=1S/C16H19NO2S/c1-5-17-15(18)13(14(16(17)19)20-6-2)12-8-7-10(3)9-11(12)4/h7-9H,5-6H2,1-4H3. The molecule has 0 radical (unpaired) electrons. The van der Waals surface area contributed by atoms with Crippen molar-refractivity contribution in [1.82, 2.24) is 4.90 Å². The molecule has 1 aliphatic rings. The van der Waals surface area contributed by atoms with Crippen LogP contribution in [0.15, 0.2) is 23.1 Å². The summed E-state index contributed by atoms with van der Waals surface area (Å²) in [6, 6.07) is 5.97. The lowest BCUT2D eigenvalue weighted by Crippen LogP contribution is -2.31. The fourth-order valence-electron chi connectivity index (χ4n) is 2.45. The van der Waals surface area contributed by atoms with Gasteiger partial charge in [-0.15, -0.1) is 11.8 Å². The highest BCUT2D eigenvalue weighted by atomic mass is 32.2. The number of imide groups is 1. The summed E-state index contributed by atoms with van der Waals surface area (Å²) in [5.41, 5.74) is 3.64. The molecule has 0 unspecified atom stereocenters. The van der Waals surface area contributed by atoms with Crippen LogP contribution in [0.1, 0.15) is 30.5 Å². The monoisotopic (exact) mass is 289 g/mol. The van der Waals surface area contributed by atoms with Gasteiger partial charge < -0.3 is 0 Å². The van der Waals surface area contributed by atoms with Crippen molar-refractivity contribution in [3.05, 3.63) is 39.8 Å². The van der Waals surface area contributed by atoms with E-state index in [2.05, 4.69) is 0 Å². The highest BCUT2D eigenvalue weighted by molar-refractivity contribution is 8.04. The minimum Gasteiger partial charge on any atom is -0.274 e. The molecule has 1 aliphatic heterocycles. The number of carbonyl (C=O) groups is 2. The molecule has 3 nitrogen and oxygen atoms in total. The number of aryl methyl sites for hydroxylation is 2. The van der Waals surface area contributed by atoms with Crippen LogP contribution in [-0.2, 0) is 9.59 Å². The smallest absolute Gasteiger partial charge is 0.267 e. The van der Waals surface area contributed by atoms with Crippen molar-refractivity contribution in [2.75, 3.05) is 12.3 Å². The van der Waals surface area contributed by atoms with E-state index in [-0.39, 0.29) is 11.8 Å². The Bertz CT molecular complexity index is 604. The van der Waals surface area contributed by atoms with Gasteiger partial charge in [0.2, 0.25) is 0 Å². The quantitative estimate of drug-likeness (QED) is 0.799. The summed E-state index contributed by atoms with van der Waals surface area (Å²) in [6.45, 7) is 8.24. The van der Waals surface area contributed by atoms with E-state index >= 15 is 0 Å². The maximum Gasteiger partial charge on any atom is 0.267 e. The molecule has 0 aliphatic carbocycles. The van der Waals surface area contributed by atoms with Gasteiger partial charge in [0, 0.05) is 6.54 Å². The van der Waals surface area contributed by atoms with Gasteiger partial charge in [-0.05, 0) is 37.7 Å². The van der Waals surface area contributed by atoms with Crippen LogP contribution in [0.2, 0.25) is 0 Å². The lowest BCUT2D eigenvalue weighted by atomic mass is 9.99. The average Bonchev–Trinajstić information content (AvgIpc) is 2.62. The van der Waals surface area contributed by atoms with Gasteiger partial charge in [0.15, 0.2) is 0 Å². The van der Waals surface area contributed by atoms with Crippen LogP contribution in [-0.4, -0.2) is 29.0 Å². The molecular weight excluding hydrogens is 270 g/mol. The van der Waals surface area contributed by atoms with E-state index < -0.39 is 0 Å². The van der Waals surface area contributed by atoms with Crippen LogP contribution >= 0.6 is 11.8 Å². The third kappa shape index (κ3) is 2.40. The molecule has 20 heavy (non-hydrogen) atoms. The Balaban J connectivity index is 2.60. The van der Waals surface area contributed by atoms with E-state index in [9.17, 15) is 9.59 Å². The first-order valence-corrected chi connectivity index (χ1v) is 7.80. The first-order chi connectivity index (χ1) is 9.51. The molecule has 0 atom stereocenters. The number of benzene rings is 1. The Hall–Kier alpha value is -1.55. The normalized spacial score (nSPS) is 15.5. The van der Waals surface area contributed by atoms with Gasteiger partial charge in [0.25, 0.3) is 11.8 Å². The molecule has 0 bridgehead atoms.